The maximum atomic E-state index is 11.9. The molecule has 1 amide bonds. The van der Waals surface area contributed by atoms with Gasteiger partial charge >= 0.3 is 0 Å². The number of carbonyl (C=O) groups excluding carboxylic acids is 1. The van der Waals surface area contributed by atoms with Crippen LogP contribution in [0.15, 0.2) is 0 Å². The molecule has 2 unspecified atom stereocenters. The number of rotatable bonds is 2. The van der Waals surface area contributed by atoms with E-state index in [1.165, 1.54) is 19.3 Å². The molecule has 2 aliphatic rings. The van der Waals surface area contributed by atoms with Crippen molar-refractivity contribution >= 4 is 5.91 Å². The summed E-state index contributed by atoms with van der Waals surface area (Å²) in [6, 6.07) is 0.423. The Morgan fingerprint density at radius 3 is 2.44 bits per heavy atom. The molecule has 2 atom stereocenters. The lowest BCUT2D eigenvalue weighted by atomic mass is 9.70. The van der Waals surface area contributed by atoms with Gasteiger partial charge in [-0.15, -0.1) is 0 Å². The molecule has 0 heterocycles. The van der Waals surface area contributed by atoms with E-state index >= 15 is 0 Å². The van der Waals surface area contributed by atoms with Crippen molar-refractivity contribution in [2.24, 2.45) is 17.3 Å². The van der Waals surface area contributed by atoms with Gasteiger partial charge in [-0.1, -0.05) is 27.2 Å². The fourth-order valence-corrected chi connectivity index (χ4v) is 3.45. The van der Waals surface area contributed by atoms with Gasteiger partial charge in [0.25, 0.3) is 0 Å². The zero-order chi connectivity index (χ0) is 11.8. The predicted molar refractivity (Wildman–Crippen MR) is 66.1 cm³/mol. The average molecular weight is 223 g/mol. The van der Waals surface area contributed by atoms with Crippen LogP contribution in [0.25, 0.3) is 0 Å². The van der Waals surface area contributed by atoms with E-state index in [-0.39, 0.29) is 0 Å². The van der Waals surface area contributed by atoms with Gasteiger partial charge in [0, 0.05) is 12.0 Å². The monoisotopic (exact) mass is 223 g/mol. The van der Waals surface area contributed by atoms with E-state index in [0.717, 1.165) is 25.2 Å². The van der Waals surface area contributed by atoms with Crippen LogP contribution >= 0.6 is 0 Å². The van der Waals surface area contributed by atoms with E-state index in [4.69, 9.17) is 0 Å². The molecule has 2 heteroatoms. The molecule has 2 rings (SSSR count). The summed E-state index contributed by atoms with van der Waals surface area (Å²) < 4.78 is 0. The van der Waals surface area contributed by atoms with Crippen molar-refractivity contribution in [2.75, 3.05) is 0 Å². The first-order valence-electron chi connectivity index (χ1n) is 6.77. The van der Waals surface area contributed by atoms with Gasteiger partial charge in [-0.05, 0) is 43.4 Å². The summed E-state index contributed by atoms with van der Waals surface area (Å²) in [4.78, 5) is 11.9. The molecule has 0 aromatic rings. The Morgan fingerprint density at radius 2 is 1.94 bits per heavy atom. The quantitative estimate of drug-likeness (QED) is 0.765. The van der Waals surface area contributed by atoms with Gasteiger partial charge < -0.3 is 5.32 Å². The molecule has 0 spiro atoms. The lowest BCUT2D eigenvalue weighted by molar-refractivity contribution is -0.128. The molecule has 92 valence electrons. The smallest absolute Gasteiger partial charge is 0.223 e. The van der Waals surface area contributed by atoms with Gasteiger partial charge in [-0.3, -0.25) is 4.79 Å². The molecule has 2 saturated carbocycles. The summed E-state index contributed by atoms with van der Waals surface area (Å²) in [5.41, 5.74) is 0.398. The third-order valence-corrected chi connectivity index (χ3v) is 4.21. The first-order chi connectivity index (χ1) is 7.46. The second kappa shape index (κ2) is 4.38. The van der Waals surface area contributed by atoms with Crippen molar-refractivity contribution < 1.29 is 4.79 Å². The summed E-state index contributed by atoms with van der Waals surface area (Å²) in [6.45, 7) is 6.96. The van der Waals surface area contributed by atoms with Gasteiger partial charge in [0.05, 0.1) is 0 Å². The number of amides is 1. The summed E-state index contributed by atoms with van der Waals surface area (Å²) in [5.74, 6) is 1.40. The highest BCUT2D eigenvalue weighted by Gasteiger charge is 2.34. The minimum atomic E-state index is 0.321. The molecule has 1 N–H and O–H groups in total. The summed E-state index contributed by atoms with van der Waals surface area (Å²) >= 11 is 0. The first kappa shape index (κ1) is 11.9. The molecule has 0 saturated heterocycles. The van der Waals surface area contributed by atoms with Gasteiger partial charge in [-0.2, -0.15) is 0 Å². The lowest BCUT2D eigenvalue weighted by Crippen LogP contribution is -2.46. The van der Waals surface area contributed by atoms with Crippen molar-refractivity contribution in [3.63, 3.8) is 0 Å². The van der Waals surface area contributed by atoms with E-state index in [1.807, 2.05) is 0 Å². The summed E-state index contributed by atoms with van der Waals surface area (Å²) in [5, 5.41) is 3.27. The molecule has 0 aromatic heterocycles. The molecular formula is C14H25NO. The Balaban J connectivity index is 1.86. The molecular weight excluding hydrogens is 198 g/mol. The fraction of sp³-hybridized carbons (Fsp3) is 0.929. The standard InChI is InChI=1S/C14H25NO/c1-10-7-12(9-14(2,3)8-10)15-13(16)11-5-4-6-11/h10-12H,4-9H2,1-3H3,(H,15,16). The van der Waals surface area contributed by atoms with E-state index in [9.17, 15) is 4.79 Å². The van der Waals surface area contributed by atoms with Crippen LogP contribution in [-0.4, -0.2) is 11.9 Å². The summed E-state index contributed by atoms with van der Waals surface area (Å²) in [7, 11) is 0. The second-order valence-corrected chi connectivity index (χ2v) is 6.75. The zero-order valence-electron chi connectivity index (χ0n) is 10.9. The Kier molecular flexibility index (Phi) is 3.27. The highest BCUT2D eigenvalue weighted by atomic mass is 16.2. The molecule has 0 bridgehead atoms. The van der Waals surface area contributed by atoms with Crippen LogP contribution < -0.4 is 5.32 Å². The molecule has 2 fully saturated rings. The fourth-order valence-electron chi connectivity index (χ4n) is 3.45. The van der Waals surface area contributed by atoms with Crippen molar-refractivity contribution in [1.82, 2.24) is 5.32 Å². The summed E-state index contributed by atoms with van der Waals surface area (Å²) in [6.07, 6.45) is 7.07. The molecule has 2 aliphatic carbocycles. The van der Waals surface area contributed by atoms with Crippen LogP contribution in [0.5, 0.6) is 0 Å². The molecule has 0 aliphatic heterocycles. The van der Waals surface area contributed by atoms with Crippen LogP contribution in [0.4, 0.5) is 0 Å². The largest absolute Gasteiger partial charge is 0.353 e. The van der Waals surface area contributed by atoms with E-state index in [0.29, 0.717) is 23.3 Å². The second-order valence-electron chi connectivity index (χ2n) is 6.75. The topological polar surface area (TPSA) is 29.1 Å². The highest BCUT2D eigenvalue weighted by Crippen LogP contribution is 2.38. The van der Waals surface area contributed by atoms with Crippen LogP contribution in [0.3, 0.4) is 0 Å². The normalized spacial score (nSPS) is 34.2. The lowest BCUT2D eigenvalue weighted by Gasteiger charge is -2.40. The first-order valence-corrected chi connectivity index (χ1v) is 6.77. The third-order valence-electron chi connectivity index (χ3n) is 4.21. The molecule has 2 nitrogen and oxygen atoms in total. The van der Waals surface area contributed by atoms with Crippen molar-refractivity contribution in [3.8, 4) is 0 Å². The maximum absolute atomic E-state index is 11.9. The maximum Gasteiger partial charge on any atom is 0.223 e. The van der Waals surface area contributed by atoms with Crippen LogP contribution in [0, 0.1) is 17.3 Å². The van der Waals surface area contributed by atoms with Gasteiger partial charge in [0.15, 0.2) is 0 Å². The number of hydrogen-bond acceptors (Lipinski definition) is 1. The SMILES string of the molecule is CC1CC(NC(=O)C2CCC2)CC(C)(C)C1. The highest BCUT2D eigenvalue weighted by molar-refractivity contribution is 5.79. The molecule has 0 aromatic carbocycles. The minimum Gasteiger partial charge on any atom is -0.353 e. The zero-order valence-corrected chi connectivity index (χ0v) is 10.9. The number of nitrogens with one attached hydrogen (secondary N) is 1. The van der Waals surface area contributed by atoms with Crippen molar-refractivity contribution in [1.29, 1.82) is 0 Å². The number of hydrogen-bond donors (Lipinski definition) is 1. The number of carbonyl (C=O) groups is 1. The van der Waals surface area contributed by atoms with E-state index in [2.05, 4.69) is 26.1 Å². The Bertz CT molecular complexity index is 268. The minimum absolute atomic E-state index is 0.321. The van der Waals surface area contributed by atoms with Gasteiger partial charge in [0.2, 0.25) is 5.91 Å². The predicted octanol–water partition coefficient (Wildman–Crippen LogP) is 3.12. The molecule has 16 heavy (non-hydrogen) atoms. The van der Waals surface area contributed by atoms with Crippen LogP contribution in [0.1, 0.15) is 59.3 Å². The third kappa shape index (κ3) is 2.78. The van der Waals surface area contributed by atoms with Crippen LogP contribution in [0.2, 0.25) is 0 Å². The Hall–Kier alpha value is -0.530. The van der Waals surface area contributed by atoms with E-state index < -0.39 is 0 Å². The van der Waals surface area contributed by atoms with Gasteiger partial charge in [-0.25, -0.2) is 0 Å². The molecule has 0 radical (unpaired) electrons. The van der Waals surface area contributed by atoms with Gasteiger partial charge in [0.1, 0.15) is 0 Å². The Labute approximate surface area is 99.2 Å². The van der Waals surface area contributed by atoms with Crippen LogP contribution in [-0.2, 0) is 4.79 Å². The van der Waals surface area contributed by atoms with Crippen molar-refractivity contribution in [2.45, 2.75) is 65.3 Å². The Morgan fingerprint density at radius 1 is 1.25 bits per heavy atom. The van der Waals surface area contributed by atoms with E-state index in [1.54, 1.807) is 0 Å². The average Bonchev–Trinajstić information content (AvgIpc) is 1.94. The van der Waals surface area contributed by atoms with Crippen molar-refractivity contribution in [3.05, 3.63) is 0 Å².